The SMILES string of the molecule is CCCOc1ccc(/C=C/c2nc3s/c(=C\c4cn(-c5ccccc5)nc4-c4ccc(OC)c(F)c4)c(=O)n3n2)cc1. The van der Waals surface area contributed by atoms with Crippen LogP contribution in [0.5, 0.6) is 11.5 Å². The second-order valence-corrected chi connectivity index (χ2v) is 10.4. The Bertz CT molecular complexity index is 2000. The average Bonchev–Trinajstić information content (AvgIpc) is 3.70. The van der Waals surface area contributed by atoms with Gasteiger partial charge < -0.3 is 9.47 Å². The molecule has 0 aliphatic rings. The molecule has 8 nitrogen and oxygen atoms in total. The number of hydrogen-bond acceptors (Lipinski definition) is 7. The fourth-order valence-corrected chi connectivity index (χ4v) is 5.28. The zero-order chi connectivity index (χ0) is 29.1. The minimum absolute atomic E-state index is 0.141. The topological polar surface area (TPSA) is 83.5 Å². The van der Waals surface area contributed by atoms with Gasteiger partial charge in [-0.25, -0.2) is 9.07 Å². The number of rotatable bonds is 9. The Balaban J connectivity index is 1.34. The third kappa shape index (κ3) is 5.57. The molecule has 210 valence electrons. The maximum atomic E-state index is 14.6. The van der Waals surface area contributed by atoms with Crippen molar-refractivity contribution >= 4 is 34.5 Å². The van der Waals surface area contributed by atoms with Crippen LogP contribution < -0.4 is 19.6 Å². The zero-order valence-corrected chi connectivity index (χ0v) is 23.7. The third-order valence-corrected chi connectivity index (χ3v) is 7.41. The monoisotopic (exact) mass is 579 g/mol. The smallest absolute Gasteiger partial charge is 0.291 e. The largest absolute Gasteiger partial charge is 0.494 e. The fraction of sp³-hybridized carbons (Fsp3) is 0.125. The molecule has 0 aliphatic heterocycles. The van der Waals surface area contributed by atoms with Crippen molar-refractivity contribution in [3.63, 3.8) is 0 Å². The normalized spacial score (nSPS) is 12.0. The molecule has 3 heterocycles. The molecule has 0 aliphatic carbocycles. The number of hydrogen-bond donors (Lipinski definition) is 0. The molecule has 3 aromatic heterocycles. The molecule has 0 saturated carbocycles. The summed E-state index contributed by atoms with van der Waals surface area (Å²) in [5.74, 6) is 0.897. The summed E-state index contributed by atoms with van der Waals surface area (Å²) in [7, 11) is 1.42. The van der Waals surface area contributed by atoms with Crippen LogP contribution in [0.15, 0.2) is 83.8 Å². The van der Waals surface area contributed by atoms with E-state index in [9.17, 15) is 9.18 Å². The van der Waals surface area contributed by atoms with E-state index in [1.807, 2.05) is 66.9 Å². The molecule has 0 unspecified atom stereocenters. The highest BCUT2D eigenvalue weighted by Crippen LogP contribution is 2.28. The number of aromatic nitrogens is 5. The first kappa shape index (κ1) is 27.1. The minimum Gasteiger partial charge on any atom is -0.494 e. The highest BCUT2D eigenvalue weighted by molar-refractivity contribution is 7.15. The summed E-state index contributed by atoms with van der Waals surface area (Å²) in [5.41, 5.74) is 3.23. The van der Waals surface area contributed by atoms with E-state index in [1.165, 1.54) is 29.0 Å². The lowest BCUT2D eigenvalue weighted by atomic mass is 10.1. The van der Waals surface area contributed by atoms with Gasteiger partial charge in [-0.1, -0.05) is 54.7 Å². The molecule has 0 radical (unpaired) electrons. The molecular formula is C32H26FN5O3S. The summed E-state index contributed by atoms with van der Waals surface area (Å²) in [4.78, 5) is 18.3. The van der Waals surface area contributed by atoms with Crippen LogP contribution >= 0.6 is 11.3 Å². The van der Waals surface area contributed by atoms with Gasteiger partial charge in [0, 0.05) is 17.3 Å². The Morgan fingerprint density at radius 2 is 1.81 bits per heavy atom. The van der Waals surface area contributed by atoms with E-state index < -0.39 is 5.82 Å². The molecule has 0 fully saturated rings. The predicted octanol–water partition coefficient (Wildman–Crippen LogP) is 5.66. The standard InChI is InChI=1S/C32H26FN5O3S/c1-3-17-41-25-13-9-21(10-14-25)11-16-29-34-32-38(35-29)31(39)28(42-32)19-23-20-37(24-7-5-4-6-8-24)36-30(23)22-12-15-27(40-2)26(33)18-22/h4-16,18-20H,3,17H2,1-2H3/b16-11+,28-19-. The summed E-state index contributed by atoms with van der Waals surface area (Å²) < 4.78 is 28.7. The molecule has 0 saturated heterocycles. The number of nitrogens with zero attached hydrogens (tertiary/aromatic N) is 5. The quantitative estimate of drug-likeness (QED) is 0.220. The van der Waals surface area contributed by atoms with Crippen LogP contribution in [-0.4, -0.2) is 38.1 Å². The van der Waals surface area contributed by atoms with Crippen LogP contribution in [0.3, 0.4) is 0 Å². The van der Waals surface area contributed by atoms with Crippen LogP contribution in [0.2, 0.25) is 0 Å². The van der Waals surface area contributed by atoms with Gasteiger partial charge in [0.15, 0.2) is 17.4 Å². The maximum Gasteiger partial charge on any atom is 0.291 e. The van der Waals surface area contributed by atoms with Gasteiger partial charge in [0.2, 0.25) is 4.96 Å². The van der Waals surface area contributed by atoms with Crippen molar-refractivity contribution in [3.8, 4) is 28.4 Å². The van der Waals surface area contributed by atoms with Gasteiger partial charge in [0.1, 0.15) is 11.4 Å². The number of benzene rings is 3. The van der Waals surface area contributed by atoms with Crippen molar-refractivity contribution < 1.29 is 13.9 Å². The summed E-state index contributed by atoms with van der Waals surface area (Å²) >= 11 is 1.23. The molecule has 10 heteroatoms. The number of fused-ring (bicyclic) bond motifs is 1. The molecule has 0 atom stereocenters. The van der Waals surface area contributed by atoms with E-state index in [-0.39, 0.29) is 11.3 Å². The Morgan fingerprint density at radius 3 is 2.52 bits per heavy atom. The molecule has 0 amide bonds. The lowest BCUT2D eigenvalue weighted by Gasteiger charge is -2.04. The van der Waals surface area contributed by atoms with Gasteiger partial charge in [-0.05, 0) is 66.6 Å². The van der Waals surface area contributed by atoms with Crippen LogP contribution in [0.25, 0.3) is 40.1 Å². The molecular weight excluding hydrogens is 553 g/mol. The van der Waals surface area contributed by atoms with E-state index >= 15 is 0 Å². The van der Waals surface area contributed by atoms with Crippen LogP contribution in [0.1, 0.15) is 30.3 Å². The minimum atomic E-state index is -0.500. The van der Waals surface area contributed by atoms with E-state index in [2.05, 4.69) is 17.0 Å². The lowest BCUT2D eigenvalue weighted by molar-refractivity contribution is 0.317. The third-order valence-electron chi connectivity index (χ3n) is 6.45. The van der Waals surface area contributed by atoms with Gasteiger partial charge in [-0.2, -0.15) is 14.6 Å². The van der Waals surface area contributed by atoms with Crippen LogP contribution in [-0.2, 0) is 0 Å². The van der Waals surface area contributed by atoms with Crippen molar-refractivity contribution in [3.05, 3.63) is 117 Å². The van der Waals surface area contributed by atoms with E-state index in [0.717, 1.165) is 23.4 Å². The zero-order valence-electron chi connectivity index (χ0n) is 22.9. The summed E-state index contributed by atoms with van der Waals surface area (Å²) in [6, 6.07) is 22.0. The summed E-state index contributed by atoms with van der Waals surface area (Å²) in [6.07, 6.45) is 8.16. The number of thiazole rings is 1. The van der Waals surface area contributed by atoms with E-state index in [1.54, 1.807) is 29.0 Å². The van der Waals surface area contributed by atoms with E-state index in [0.29, 0.717) is 38.7 Å². The molecule has 42 heavy (non-hydrogen) atoms. The number of ether oxygens (including phenoxy) is 2. The van der Waals surface area contributed by atoms with Gasteiger partial charge in [0.05, 0.1) is 23.9 Å². The fourth-order valence-electron chi connectivity index (χ4n) is 4.37. The van der Waals surface area contributed by atoms with Crippen LogP contribution in [0, 0.1) is 5.82 Å². The first-order valence-electron chi connectivity index (χ1n) is 13.3. The first-order valence-corrected chi connectivity index (χ1v) is 14.2. The van der Waals surface area contributed by atoms with Gasteiger partial charge in [-0.15, -0.1) is 5.10 Å². The highest BCUT2D eigenvalue weighted by Gasteiger charge is 2.15. The van der Waals surface area contributed by atoms with Crippen LogP contribution in [0.4, 0.5) is 4.39 Å². The second-order valence-electron chi connectivity index (χ2n) is 9.39. The Kier molecular flexibility index (Phi) is 7.61. The predicted molar refractivity (Wildman–Crippen MR) is 163 cm³/mol. The van der Waals surface area contributed by atoms with Gasteiger partial charge in [0.25, 0.3) is 5.56 Å². The van der Waals surface area contributed by atoms with Crippen molar-refractivity contribution in [2.75, 3.05) is 13.7 Å². The first-order chi connectivity index (χ1) is 20.5. The second kappa shape index (κ2) is 11.8. The molecule has 0 N–H and O–H groups in total. The molecule has 6 rings (SSSR count). The average molecular weight is 580 g/mol. The van der Waals surface area contributed by atoms with Crippen molar-refractivity contribution in [1.29, 1.82) is 0 Å². The molecule has 3 aromatic carbocycles. The highest BCUT2D eigenvalue weighted by atomic mass is 32.1. The van der Waals surface area contributed by atoms with Crippen molar-refractivity contribution in [2.45, 2.75) is 13.3 Å². The van der Waals surface area contributed by atoms with Crippen molar-refractivity contribution in [1.82, 2.24) is 24.4 Å². The summed E-state index contributed by atoms with van der Waals surface area (Å²) in [5, 5.41) is 9.13. The lowest BCUT2D eigenvalue weighted by Crippen LogP contribution is -2.23. The number of para-hydroxylation sites is 1. The Labute approximate surface area is 244 Å². The Hall–Kier alpha value is -5.09. The Morgan fingerprint density at radius 1 is 1.00 bits per heavy atom. The number of methoxy groups -OCH3 is 1. The van der Waals surface area contributed by atoms with Gasteiger partial charge >= 0.3 is 0 Å². The summed E-state index contributed by atoms with van der Waals surface area (Å²) in [6.45, 7) is 2.74. The molecule has 0 bridgehead atoms. The number of halogens is 1. The maximum absolute atomic E-state index is 14.6. The molecule has 6 aromatic rings. The van der Waals surface area contributed by atoms with Gasteiger partial charge in [-0.3, -0.25) is 4.79 Å². The van der Waals surface area contributed by atoms with Crippen molar-refractivity contribution in [2.24, 2.45) is 0 Å². The molecule has 0 spiro atoms. The van der Waals surface area contributed by atoms with E-state index in [4.69, 9.17) is 14.6 Å².